The predicted molar refractivity (Wildman–Crippen MR) is 121 cm³/mol. The zero-order chi connectivity index (χ0) is 20.0. The van der Waals surface area contributed by atoms with Crippen LogP contribution in [0.1, 0.15) is 80.1 Å². The molecule has 0 N–H and O–H groups in total. The molecule has 0 heterocycles. The molecule has 0 aromatic heterocycles. The van der Waals surface area contributed by atoms with Crippen molar-refractivity contribution in [3.63, 3.8) is 0 Å². The lowest BCUT2D eigenvalue weighted by atomic mass is 9.47. The van der Waals surface area contributed by atoms with Crippen LogP contribution < -0.4 is 0 Å². The summed E-state index contributed by atoms with van der Waals surface area (Å²) in [5, 5.41) is 3.19. The van der Waals surface area contributed by atoms with Gasteiger partial charge < -0.3 is 0 Å². The van der Waals surface area contributed by atoms with E-state index in [1.165, 1.54) is 14.5 Å². The van der Waals surface area contributed by atoms with E-state index >= 15 is 0 Å². The van der Waals surface area contributed by atoms with Crippen molar-refractivity contribution in [1.29, 1.82) is 0 Å². The molecule has 3 aliphatic rings. The quantitative estimate of drug-likeness (QED) is 0.279. The maximum atomic E-state index is 12.1. The summed E-state index contributed by atoms with van der Waals surface area (Å²) in [6, 6.07) is 0. The van der Waals surface area contributed by atoms with E-state index in [9.17, 15) is 9.59 Å². The van der Waals surface area contributed by atoms with Crippen molar-refractivity contribution in [1.82, 2.24) is 0 Å². The van der Waals surface area contributed by atoms with Gasteiger partial charge in [-0.15, -0.1) is 0 Å². The average molecular weight is 488 g/mol. The summed E-state index contributed by atoms with van der Waals surface area (Å²) in [6.07, 6.45) is 6.92. The number of fused-ring (bicyclic) bond motifs is 3. The number of rotatable bonds is 0. The minimum atomic E-state index is -0.128. The summed E-state index contributed by atoms with van der Waals surface area (Å²) in [4.78, 5) is 24.2. The molecule has 2 fully saturated rings. The summed E-state index contributed by atoms with van der Waals surface area (Å²) in [5.41, 5.74) is 1.08. The lowest BCUT2D eigenvalue weighted by Crippen LogP contribution is -2.51. The average Bonchev–Trinajstić information content (AvgIpc) is 2.68. The highest BCUT2D eigenvalue weighted by Gasteiger charge is 2.56. The standard InChI is InChI=1S/C18H21IO2S.2C2H6/c1-12-14-4-8-18(9-10-22-19)7-3-13(20)11-16(18)17(14,2)6-5-15(12)21;2*1-2/h11-12,14H,3-8H2,1-2H3;2*1-2H3. The first-order chi connectivity index (χ1) is 12.4. The summed E-state index contributed by atoms with van der Waals surface area (Å²) in [6.45, 7) is 12.4. The van der Waals surface area contributed by atoms with Gasteiger partial charge in [-0.25, -0.2) is 0 Å². The highest BCUT2D eigenvalue weighted by molar-refractivity contribution is 14.2. The molecular weight excluding hydrogens is 455 g/mol. The molecule has 4 unspecified atom stereocenters. The fraction of sp³-hybridized carbons (Fsp3) is 0.727. The Hall–Kier alpha value is -0.280. The number of carbonyl (C=O) groups excluding carboxylic acids is 2. The van der Waals surface area contributed by atoms with Crippen molar-refractivity contribution >= 4 is 41.7 Å². The van der Waals surface area contributed by atoms with E-state index in [4.69, 9.17) is 0 Å². The second-order valence-corrected chi connectivity index (χ2v) is 8.91. The van der Waals surface area contributed by atoms with Gasteiger partial charge in [0, 0.05) is 40.0 Å². The van der Waals surface area contributed by atoms with Crippen molar-refractivity contribution in [3.05, 3.63) is 11.6 Å². The minimum absolute atomic E-state index is 0.0354. The molecule has 0 bridgehead atoms. The Morgan fingerprint density at radius 1 is 1.12 bits per heavy atom. The molecule has 0 saturated heterocycles. The largest absolute Gasteiger partial charge is 0.299 e. The predicted octanol–water partition coefficient (Wildman–Crippen LogP) is 6.77. The Labute approximate surface area is 176 Å². The zero-order valence-electron chi connectivity index (χ0n) is 17.1. The van der Waals surface area contributed by atoms with Crippen molar-refractivity contribution in [2.45, 2.75) is 80.1 Å². The van der Waals surface area contributed by atoms with E-state index in [1.54, 1.807) is 0 Å². The normalized spacial score (nSPS) is 35.1. The van der Waals surface area contributed by atoms with Crippen LogP contribution in [0.25, 0.3) is 0 Å². The molecule has 4 atom stereocenters. The first-order valence-electron chi connectivity index (χ1n) is 10.0. The number of carbonyl (C=O) groups is 2. The Morgan fingerprint density at radius 2 is 1.77 bits per heavy atom. The van der Waals surface area contributed by atoms with Crippen molar-refractivity contribution in [3.8, 4) is 11.2 Å². The van der Waals surface area contributed by atoms with E-state index in [-0.39, 0.29) is 22.5 Å². The SMILES string of the molecule is CC.CC.CC1C(=O)CCC2(C)C3=CC(=O)CCC3(C#CSI)CCC12. The number of Topliss-reactive ketones (excluding diaryl/α,β-unsaturated/α-hetero) is 1. The molecule has 2 saturated carbocycles. The molecule has 3 rings (SSSR count). The minimum Gasteiger partial charge on any atom is -0.299 e. The fourth-order valence-corrected chi connectivity index (χ4v) is 5.56. The Bertz CT molecular complexity index is 615. The molecule has 4 heteroatoms. The van der Waals surface area contributed by atoms with Crippen LogP contribution in [0.15, 0.2) is 11.6 Å². The summed E-state index contributed by atoms with van der Waals surface area (Å²) in [5.74, 6) is 4.60. The van der Waals surface area contributed by atoms with Gasteiger partial charge in [0.05, 0.1) is 5.41 Å². The van der Waals surface area contributed by atoms with Gasteiger partial charge in [0.2, 0.25) is 0 Å². The van der Waals surface area contributed by atoms with Crippen molar-refractivity contribution < 1.29 is 9.59 Å². The van der Waals surface area contributed by atoms with Crippen LogP contribution in [0.3, 0.4) is 0 Å². The van der Waals surface area contributed by atoms with E-state index in [1.807, 2.05) is 33.8 Å². The molecule has 2 nitrogen and oxygen atoms in total. The van der Waals surface area contributed by atoms with Crippen LogP contribution in [0.5, 0.6) is 0 Å². The van der Waals surface area contributed by atoms with Gasteiger partial charge in [-0.05, 0) is 62.9 Å². The first kappa shape index (κ1) is 23.8. The smallest absolute Gasteiger partial charge is 0.155 e. The number of ketones is 2. The molecule has 0 aromatic rings. The number of hydrogen-bond donors (Lipinski definition) is 0. The summed E-state index contributed by atoms with van der Waals surface area (Å²) >= 11 is 2.21. The lowest BCUT2D eigenvalue weighted by Gasteiger charge is -2.56. The van der Waals surface area contributed by atoms with Crippen LogP contribution in [-0.4, -0.2) is 11.6 Å². The number of hydrogen-bond acceptors (Lipinski definition) is 3. The van der Waals surface area contributed by atoms with Gasteiger partial charge in [-0.3, -0.25) is 9.59 Å². The summed E-state index contributed by atoms with van der Waals surface area (Å²) < 4.78 is 0. The Balaban J connectivity index is 0.000000791. The Kier molecular flexibility index (Phi) is 9.43. The maximum Gasteiger partial charge on any atom is 0.155 e. The van der Waals surface area contributed by atoms with Crippen LogP contribution in [0.2, 0.25) is 0 Å². The fourth-order valence-electron chi connectivity index (χ4n) is 5.00. The van der Waals surface area contributed by atoms with Crippen LogP contribution in [0.4, 0.5) is 0 Å². The lowest BCUT2D eigenvalue weighted by molar-refractivity contribution is -0.131. The molecule has 26 heavy (non-hydrogen) atoms. The van der Waals surface area contributed by atoms with Gasteiger partial charge in [0.25, 0.3) is 0 Å². The zero-order valence-corrected chi connectivity index (χ0v) is 20.1. The van der Waals surface area contributed by atoms with Crippen LogP contribution in [0, 0.1) is 33.8 Å². The Morgan fingerprint density at radius 3 is 2.38 bits per heavy atom. The van der Waals surface area contributed by atoms with Gasteiger partial charge in [0.15, 0.2) is 5.78 Å². The second-order valence-electron chi connectivity index (χ2n) is 7.23. The molecule has 0 amide bonds. The van der Waals surface area contributed by atoms with Crippen molar-refractivity contribution in [2.24, 2.45) is 22.7 Å². The highest BCUT2D eigenvalue weighted by atomic mass is 127. The van der Waals surface area contributed by atoms with E-state index < -0.39 is 0 Å². The van der Waals surface area contributed by atoms with Crippen LogP contribution in [-0.2, 0) is 9.59 Å². The summed E-state index contributed by atoms with van der Waals surface area (Å²) in [7, 11) is 1.52. The topological polar surface area (TPSA) is 34.1 Å². The number of allylic oxidation sites excluding steroid dienone is 2. The second kappa shape index (κ2) is 10.3. The molecule has 3 aliphatic carbocycles. The molecule has 146 valence electrons. The van der Waals surface area contributed by atoms with Crippen molar-refractivity contribution in [2.75, 3.05) is 0 Å². The number of halogens is 1. The highest BCUT2D eigenvalue weighted by Crippen LogP contribution is 2.62. The van der Waals surface area contributed by atoms with E-state index in [0.29, 0.717) is 24.5 Å². The van der Waals surface area contributed by atoms with Crippen LogP contribution >= 0.6 is 30.1 Å². The van der Waals surface area contributed by atoms with E-state index in [0.717, 1.165) is 25.7 Å². The van der Waals surface area contributed by atoms with Gasteiger partial charge in [-0.1, -0.05) is 47.5 Å². The monoisotopic (exact) mass is 488 g/mol. The molecule has 0 spiro atoms. The molecular formula is C22H33IO2S. The molecule has 0 aliphatic heterocycles. The van der Waals surface area contributed by atoms with Gasteiger partial charge in [0.1, 0.15) is 5.78 Å². The molecule has 0 aromatic carbocycles. The maximum absolute atomic E-state index is 12.1. The third-order valence-corrected chi connectivity index (χ3v) is 7.11. The third-order valence-electron chi connectivity index (χ3n) is 6.27. The van der Waals surface area contributed by atoms with Gasteiger partial charge in [-0.2, -0.15) is 0 Å². The third kappa shape index (κ3) is 4.41. The van der Waals surface area contributed by atoms with E-state index in [2.05, 4.69) is 46.2 Å². The first-order valence-corrected chi connectivity index (χ1v) is 13.4. The molecule has 0 radical (unpaired) electrons. The van der Waals surface area contributed by atoms with Gasteiger partial charge >= 0.3 is 0 Å².